The van der Waals surface area contributed by atoms with Crippen molar-refractivity contribution < 1.29 is 9.59 Å². The van der Waals surface area contributed by atoms with E-state index < -0.39 is 6.04 Å². The largest absolute Gasteiger partial charge is 0.340 e. The Kier molecular flexibility index (Phi) is 7.90. The highest BCUT2D eigenvalue weighted by Crippen LogP contribution is 2.27. The first kappa shape index (κ1) is 24.6. The van der Waals surface area contributed by atoms with Crippen molar-refractivity contribution in [3.8, 4) is 21.7 Å². The van der Waals surface area contributed by atoms with Gasteiger partial charge in [-0.1, -0.05) is 97.8 Å². The van der Waals surface area contributed by atoms with E-state index in [1.54, 1.807) is 24.3 Å². The number of hydrogen-bond donors (Lipinski definition) is 2. The predicted molar refractivity (Wildman–Crippen MR) is 142 cm³/mol. The van der Waals surface area contributed by atoms with Crippen LogP contribution in [-0.4, -0.2) is 28.1 Å². The van der Waals surface area contributed by atoms with E-state index in [2.05, 4.69) is 20.8 Å². The molecule has 2 unspecified atom stereocenters. The highest BCUT2D eigenvalue weighted by Gasteiger charge is 2.27. The van der Waals surface area contributed by atoms with Crippen molar-refractivity contribution in [2.45, 2.75) is 26.3 Å². The maximum absolute atomic E-state index is 13.1. The Bertz CT molecular complexity index is 1290. The number of hydrogen-bond acceptors (Lipinski definition) is 5. The summed E-state index contributed by atoms with van der Waals surface area (Å²) in [5.74, 6) is -0.706. The minimum absolute atomic E-state index is 0.0776. The molecule has 178 valence electrons. The second-order valence-corrected chi connectivity index (χ2v) is 9.60. The summed E-state index contributed by atoms with van der Waals surface area (Å²) in [4.78, 5) is 26.1. The van der Waals surface area contributed by atoms with E-state index in [-0.39, 0.29) is 17.7 Å². The molecular formula is C27H25ClN4O2S. The quantitative estimate of drug-likeness (QED) is 0.294. The van der Waals surface area contributed by atoms with Crippen molar-refractivity contribution in [3.05, 3.63) is 89.4 Å². The van der Waals surface area contributed by atoms with E-state index in [9.17, 15) is 9.59 Å². The van der Waals surface area contributed by atoms with Crippen LogP contribution >= 0.6 is 22.9 Å². The summed E-state index contributed by atoms with van der Waals surface area (Å²) in [7, 11) is 0. The molecule has 2 N–H and O–H groups in total. The van der Waals surface area contributed by atoms with Crippen molar-refractivity contribution in [2.75, 3.05) is 5.32 Å². The zero-order chi connectivity index (χ0) is 24.8. The van der Waals surface area contributed by atoms with Gasteiger partial charge in [-0.25, -0.2) is 0 Å². The molecule has 0 bridgehead atoms. The molecule has 4 aromatic rings. The molecule has 1 heterocycles. The molecule has 0 aliphatic heterocycles. The van der Waals surface area contributed by atoms with Crippen LogP contribution in [0.1, 0.15) is 30.6 Å². The van der Waals surface area contributed by atoms with Gasteiger partial charge in [-0.15, -0.1) is 10.2 Å². The van der Waals surface area contributed by atoms with E-state index >= 15 is 0 Å². The summed E-state index contributed by atoms with van der Waals surface area (Å²) in [5, 5.41) is 15.6. The molecule has 8 heteroatoms. The first-order chi connectivity index (χ1) is 16.9. The molecule has 0 saturated carbocycles. The van der Waals surface area contributed by atoms with Gasteiger partial charge in [0.1, 0.15) is 11.0 Å². The Morgan fingerprint density at radius 3 is 2.17 bits per heavy atom. The molecule has 0 spiro atoms. The average Bonchev–Trinajstić information content (AvgIpc) is 3.36. The molecule has 6 nitrogen and oxygen atoms in total. The molecule has 4 rings (SSSR count). The Balaban J connectivity index is 1.45. The van der Waals surface area contributed by atoms with E-state index in [0.29, 0.717) is 20.7 Å². The molecule has 0 aliphatic rings. The van der Waals surface area contributed by atoms with Crippen molar-refractivity contribution in [2.24, 2.45) is 5.92 Å². The van der Waals surface area contributed by atoms with Crippen molar-refractivity contribution in [1.82, 2.24) is 15.5 Å². The maximum atomic E-state index is 13.1. The van der Waals surface area contributed by atoms with Gasteiger partial charge in [0.05, 0.1) is 0 Å². The number of rotatable bonds is 8. The second-order valence-electron chi connectivity index (χ2n) is 8.19. The van der Waals surface area contributed by atoms with Crippen LogP contribution in [0, 0.1) is 5.92 Å². The molecule has 0 radical (unpaired) electrons. The van der Waals surface area contributed by atoms with Gasteiger partial charge in [0.15, 0.2) is 0 Å². The fourth-order valence-corrected chi connectivity index (χ4v) is 4.42. The van der Waals surface area contributed by atoms with Crippen molar-refractivity contribution >= 4 is 39.9 Å². The normalized spacial score (nSPS) is 12.5. The van der Waals surface area contributed by atoms with Crippen LogP contribution in [0.15, 0.2) is 78.9 Å². The van der Waals surface area contributed by atoms with Gasteiger partial charge in [0.2, 0.25) is 11.0 Å². The molecule has 2 amide bonds. The third kappa shape index (κ3) is 6.12. The minimum atomic E-state index is -0.718. The molecular weight excluding hydrogens is 480 g/mol. The van der Waals surface area contributed by atoms with Gasteiger partial charge < -0.3 is 5.32 Å². The van der Waals surface area contributed by atoms with Crippen molar-refractivity contribution in [3.63, 3.8) is 0 Å². The van der Waals surface area contributed by atoms with Crippen LogP contribution in [0.3, 0.4) is 0 Å². The number of carbonyl (C=O) groups is 2. The number of aromatic nitrogens is 2. The minimum Gasteiger partial charge on any atom is -0.340 e. The van der Waals surface area contributed by atoms with E-state index in [1.165, 1.54) is 11.3 Å². The van der Waals surface area contributed by atoms with Crippen molar-refractivity contribution in [1.29, 1.82) is 0 Å². The Labute approximate surface area is 213 Å². The summed E-state index contributed by atoms with van der Waals surface area (Å²) >= 11 is 7.21. The van der Waals surface area contributed by atoms with Gasteiger partial charge in [-0.2, -0.15) is 0 Å². The van der Waals surface area contributed by atoms with Crippen LogP contribution in [0.4, 0.5) is 5.13 Å². The molecule has 0 fully saturated rings. The molecule has 1 aromatic heterocycles. The third-order valence-electron chi connectivity index (χ3n) is 5.78. The number of anilines is 1. The van der Waals surface area contributed by atoms with Gasteiger partial charge in [0.25, 0.3) is 5.91 Å². The number of carbonyl (C=O) groups excluding carboxylic acids is 2. The standard InChI is InChI=1S/C27H25ClN4O2S/c1-3-17(2)23(25(34)30-27-32-31-26(35-27)21-13-15-22(28)16-14-21)29-24(33)20-11-9-19(10-12-20)18-7-5-4-6-8-18/h4-17,23H,3H2,1-2H3,(H,29,33)(H,30,32,34). The van der Waals surface area contributed by atoms with Crippen LogP contribution in [-0.2, 0) is 4.79 Å². The average molecular weight is 505 g/mol. The Hall–Kier alpha value is -3.55. The lowest BCUT2D eigenvalue weighted by Gasteiger charge is -2.23. The van der Waals surface area contributed by atoms with Crippen LogP contribution in [0.2, 0.25) is 5.02 Å². The molecule has 0 aliphatic carbocycles. The number of nitrogens with one attached hydrogen (secondary N) is 2. The molecule has 0 saturated heterocycles. The molecule has 35 heavy (non-hydrogen) atoms. The summed E-state index contributed by atoms with van der Waals surface area (Å²) in [5.41, 5.74) is 3.45. The second kappa shape index (κ2) is 11.3. The summed E-state index contributed by atoms with van der Waals surface area (Å²) in [6.07, 6.45) is 0.720. The Morgan fingerprint density at radius 2 is 1.51 bits per heavy atom. The number of halogens is 1. The monoisotopic (exact) mass is 504 g/mol. The van der Waals surface area contributed by atoms with Crippen LogP contribution < -0.4 is 10.6 Å². The van der Waals surface area contributed by atoms with Gasteiger partial charge >= 0.3 is 0 Å². The van der Waals surface area contributed by atoms with Gasteiger partial charge in [0, 0.05) is 16.1 Å². The summed E-state index contributed by atoms with van der Waals surface area (Å²) in [6, 6.07) is 23.8. The zero-order valence-corrected chi connectivity index (χ0v) is 20.9. The first-order valence-electron chi connectivity index (χ1n) is 11.3. The number of nitrogens with zero attached hydrogens (tertiary/aromatic N) is 2. The van der Waals surface area contributed by atoms with E-state index in [4.69, 9.17) is 11.6 Å². The maximum Gasteiger partial charge on any atom is 0.251 e. The Morgan fingerprint density at radius 1 is 0.886 bits per heavy atom. The molecule has 2 atom stereocenters. The van der Waals surface area contributed by atoms with E-state index in [1.807, 2.05) is 68.4 Å². The first-order valence-corrected chi connectivity index (χ1v) is 12.5. The number of amides is 2. The van der Waals surface area contributed by atoms with Crippen LogP contribution in [0.5, 0.6) is 0 Å². The summed E-state index contributed by atoms with van der Waals surface area (Å²) < 4.78 is 0. The lowest BCUT2D eigenvalue weighted by Crippen LogP contribution is -2.47. The van der Waals surface area contributed by atoms with Gasteiger partial charge in [-0.05, 0) is 41.3 Å². The molecule has 3 aromatic carbocycles. The highest BCUT2D eigenvalue weighted by molar-refractivity contribution is 7.18. The van der Waals surface area contributed by atoms with Gasteiger partial charge in [-0.3, -0.25) is 14.9 Å². The highest BCUT2D eigenvalue weighted by atomic mass is 35.5. The topological polar surface area (TPSA) is 84.0 Å². The zero-order valence-electron chi connectivity index (χ0n) is 19.4. The van der Waals surface area contributed by atoms with E-state index in [0.717, 1.165) is 23.1 Å². The smallest absolute Gasteiger partial charge is 0.251 e. The SMILES string of the molecule is CCC(C)C(NC(=O)c1ccc(-c2ccccc2)cc1)C(=O)Nc1nnc(-c2ccc(Cl)cc2)s1. The fourth-order valence-electron chi connectivity index (χ4n) is 3.54. The lowest BCUT2D eigenvalue weighted by molar-refractivity contribution is -0.119. The predicted octanol–water partition coefficient (Wildman–Crippen LogP) is 6.31. The van der Waals surface area contributed by atoms with Crippen LogP contribution in [0.25, 0.3) is 21.7 Å². The number of benzene rings is 3. The lowest BCUT2D eigenvalue weighted by atomic mass is 9.97. The fraction of sp³-hybridized carbons (Fsp3) is 0.185. The summed E-state index contributed by atoms with van der Waals surface area (Å²) in [6.45, 7) is 3.91. The third-order valence-corrected chi connectivity index (χ3v) is 6.92.